The Morgan fingerprint density at radius 1 is 0.854 bits per heavy atom. The van der Waals surface area contributed by atoms with Gasteiger partial charge in [0.05, 0.1) is 13.2 Å². The van der Waals surface area contributed by atoms with Gasteiger partial charge in [0.1, 0.15) is 6.04 Å². The van der Waals surface area contributed by atoms with Gasteiger partial charge in [-0.15, -0.1) is 0 Å². The predicted octanol–water partition coefficient (Wildman–Crippen LogP) is 6.10. The Labute approximate surface area is 243 Å². The minimum absolute atomic E-state index is 0.0751. The average Bonchev–Trinajstić information content (AvgIpc) is 2.84. The molecule has 0 aromatic carbocycles. The van der Waals surface area contributed by atoms with Crippen LogP contribution in [0.25, 0.3) is 0 Å². The van der Waals surface area contributed by atoms with Crippen LogP contribution in [0.15, 0.2) is 0 Å². The van der Waals surface area contributed by atoms with E-state index in [0.29, 0.717) is 19.3 Å². The number of carbonyl (C=O) groups excluding carboxylic acids is 2. The fourth-order valence-electron chi connectivity index (χ4n) is 2.90. The lowest BCUT2D eigenvalue weighted by Crippen LogP contribution is -2.48. The number of likely N-dealkylation sites (N-methyl/N-ethyl adjacent to an activating group) is 1. The second-order valence-electron chi connectivity index (χ2n) is 11.6. The number of hydrogen-bond donors (Lipinski definition) is 3. The van der Waals surface area contributed by atoms with E-state index in [1.165, 1.54) is 7.05 Å². The van der Waals surface area contributed by atoms with Gasteiger partial charge in [-0.1, -0.05) is 75.2 Å². The van der Waals surface area contributed by atoms with Gasteiger partial charge < -0.3 is 29.0 Å². The molecule has 0 amide bonds. The molecule has 3 N–H and O–H groups in total. The Morgan fingerprint density at radius 2 is 1.27 bits per heavy atom. The topological polar surface area (TPSA) is 183 Å². The Hall–Kier alpha value is -2.57. The van der Waals surface area contributed by atoms with Gasteiger partial charge in [0, 0.05) is 17.9 Å². The van der Waals surface area contributed by atoms with E-state index >= 15 is 0 Å². The number of unbranched alkanes of at least 4 members (excludes halogenated alkanes) is 1. The zero-order chi connectivity index (χ0) is 32.0. The standard InChI is InChI=1S/C26H50N3O11P/c1-11-14-15-18(19(30)31)29(10)22(27)28-41(34,39-20(25(4,5)6)37-23(32)35-16-12-2)40-21(26(7,8)9)38-24(33)36-17-13-3/h18,20-21H,11-17H2,1-10H3,(H,30,31)(H2,27,28,34). The quantitative estimate of drug-likeness (QED) is 0.0599. The minimum Gasteiger partial charge on any atom is -0.480 e. The number of aliphatic carboxylic acids is 1. The molecule has 41 heavy (non-hydrogen) atoms. The lowest BCUT2D eigenvalue weighted by atomic mass is 9.96. The first-order valence-electron chi connectivity index (χ1n) is 13.8. The monoisotopic (exact) mass is 611 g/mol. The Bertz CT molecular complexity index is 856. The molecule has 3 atom stereocenters. The van der Waals surface area contributed by atoms with Gasteiger partial charge in [-0.3, -0.25) is 19.5 Å². The summed E-state index contributed by atoms with van der Waals surface area (Å²) in [7, 11) is -3.43. The Morgan fingerprint density at radius 3 is 1.59 bits per heavy atom. The molecule has 240 valence electrons. The first-order chi connectivity index (χ1) is 18.8. The molecule has 0 saturated heterocycles. The van der Waals surface area contributed by atoms with E-state index in [1.807, 2.05) is 6.92 Å². The first kappa shape index (κ1) is 38.4. The maximum absolute atomic E-state index is 14.3. The SMILES string of the molecule is CCCCC(C(=O)O)N(C)C(=N)NP(=O)(OC(OC(=O)OCCC)C(C)(C)C)OC(OC(=O)OCCC)C(C)(C)C. The van der Waals surface area contributed by atoms with Crippen molar-refractivity contribution in [2.24, 2.45) is 10.8 Å². The van der Waals surface area contributed by atoms with Crippen molar-refractivity contribution >= 4 is 32.0 Å². The third-order valence-corrected chi connectivity index (χ3v) is 6.74. The van der Waals surface area contributed by atoms with Gasteiger partial charge in [-0.25, -0.2) is 18.9 Å². The zero-order valence-electron chi connectivity index (χ0n) is 26.1. The molecular weight excluding hydrogens is 561 g/mol. The Kier molecular flexibility index (Phi) is 16.3. The van der Waals surface area contributed by atoms with Crippen LogP contribution in [0, 0.1) is 16.2 Å². The number of carboxylic acids is 1. The highest BCUT2D eigenvalue weighted by atomic mass is 31.2. The smallest absolute Gasteiger partial charge is 0.480 e. The van der Waals surface area contributed by atoms with Crippen LogP contribution in [-0.4, -0.2) is 73.1 Å². The van der Waals surface area contributed by atoms with Crippen LogP contribution < -0.4 is 5.09 Å². The highest BCUT2D eigenvalue weighted by Crippen LogP contribution is 2.51. The number of nitrogens with one attached hydrogen (secondary N) is 2. The van der Waals surface area contributed by atoms with Crippen molar-refractivity contribution in [1.29, 1.82) is 5.41 Å². The maximum Gasteiger partial charge on any atom is 0.510 e. The van der Waals surface area contributed by atoms with Crippen molar-refractivity contribution in [3.05, 3.63) is 0 Å². The molecule has 15 heteroatoms. The van der Waals surface area contributed by atoms with Crippen LogP contribution in [0.3, 0.4) is 0 Å². The van der Waals surface area contributed by atoms with E-state index in [2.05, 4.69) is 5.09 Å². The molecule has 14 nitrogen and oxygen atoms in total. The lowest BCUT2D eigenvalue weighted by Gasteiger charge is -2.37. The molecule has 0 aliphatic rings. The average molecular weight is 612 g/mol. The molecule has 0 rings (SSSR count). The summed E-state index contributed by atoms with van der Waals surface area (Å²) in [5, 5.41) is 20.6. The molecule has 0 aliphatic heterocycles. The molecule has 3 unspecified atom stereocenters. The molecule has 0 bridgehead atoms. The molecule has 0 aromatic heterocycles. The number of nitrogens with zero attached hydrogens (tertiary/aromatic N) is 1. The Balaban J connectivity index is 6.46. The van der Waals surface area contributed by atoms with E-state index in [4.69, 9.17) is 33.4 Å². The molecule has 0 radical (unpaired) electrons. The normalized spacial score (nSPS) is 15.5. The maximum atomic E-state index is 14.3. The molecule has 0 spiro atoms. The summed E-state index contributed by atoms with van der Waals surface area (Å²) in [6.07, 6.45) is -2.66. The summed E-state index contributed by atoms with van der Waals surface area (Å²) in [4.78, 5) is 37.6. The second-order valence-corrected chi connectivity index (χ2v) is 13.2. The number of rotatable bonds is 16. The molecule has 0 aromatic rings. The molecule has 0 saturated carbocycles. The number of carbonyl (C=O) groups is 3. The summed E-state index contributed by atoms with van der Waals surface area (Å²) in [6.45, 7) is 15.5. The molecule has 0 fully saturated rings. The predicted molar refractivity (Wildman–Crippen MR) is 151 cm³/mol. The first-order valence-corrected chi connectivity index (χ1v) is 15.3. The van der Waals surface area contributed by atoms with E-state index in [9.17, 15) is 24.1 Å². The van der Waals surface area contributed by atoms with Crippen LogP contribution >= 0.6 is 7.75 Å². The van der Waals surface area contributed by atoms with Gasteiger partial charge in [-0.05, 0) is 19.3 Å². The highest BCUT2D eigenvalue weighted by Gasteiger charge is 2.45. The van der Waals surface area contributed by atoms with Gasteiger partial charge in [0.25, 0.3) is 0 Å². The van der Waals surface area contributed by atoms with Crippen LogP contribution in [0.1, 0.15) is 94.4 Å². The van der Waals surface area contributed by atoms with Crippen LogP contribution in [-0.2, 0) is 37.4 Å². The third kappa shape index (κ3) is 14.8. The van der Waals surface area contributed by atoms with Gasteiger partial charge in [-0.2, -0.15) is 0 Å². The number of guanidine groups is 1. The third-order valence-electron chi connectivity index (χ3n) is 5.32. The van der Waals surface area contributed by atoms with Crippen LogP contribution in [0.2, 0.25) is 0 Å². The van der Waals surface area contributed by atoms with Crippen molar-refractivity contribution in [3.8, 4) is 0 Å². The highest BCUT2D eigenvalue weighted by molar-refractivity contribution is 7.52. The summed E-state index contributed by atoms with van der Waals surface area (Å²) in [6, 6.07) is -1.12. The number of carboxylic acid groups (broad SMARTS) is 1. The lowest BCUT2D eigenvalue weighted by molar-refractivity contribution is -0.153. The molecule has 0 aliphatic carbocycles. The summed E-state index contributed by atoms with van der Waals surface area (Å²) >= 11 is 0. The fourth-order valence-corrected chi connectivity index (χ4v) is 4.70. The van der Waals surface area contributed by atoms with Gasteiger partial charge in [0.15, 0.2) is 0 Å². The summed E-state index contributed by atoms with van der Waals surface area (Å²) in [5.41, 5.74) is -1.97. The van der Waals surface area contributed by atoms with E-state index < -0.39 is 61.4 Å². The van der Waals surface area contributed by atoms with Crippen molar-refractivity contribution in [2.45, 2.75) is 113 Å². The summed E-state index contributed by atoms with van der Waals surface area (Å²) in [5.74, 6) is -1.80. The van der Waals surface area contributed by atoms with E-state index in [1.54, 1.807) is 55.4 Å². The van der Waals surface area contributed by atoms with Crippen molar-refractivity contribution in [3.63, 3.8) is 0 Å². The summed E-state index contributed by atoms with van der Waals surface area (Å²) < 4.78 is 46.3. The van der Waals surface area contributed by atoms with Crippen molar-refractivity contribution in [1.82, 2.24) is 9.99 Å². The zero-order valence-corrected chi connectivity index (χ0v) is 27.0. The number of hydrogen-bond acceptors (Lipinski definition) is 11. The van der Waals surface area contributed by atoms with E-state index in [-0.39, 0.29) is 19.6 Å². The van der Waals surface area contributed by atoms with Gasteiger partial charge >= 0.3 is 26.0 Å². The second kappa shape index (κ2) is 17.4. The van der Waals surface area contributed by atoms with Gasteiger partial charge in [0.2, 0.25) is 18.5 Å². The van der Waals surface area contributed by atoms with Crippen LogP contribution in [0.4, 0.5) is 9.59 Å². The van der Waals surface area contributed by atoms with Crippen LogP contribution in [0.5, 0.6) is 0 Å². The van der Waals surface area contributed by atoms with Crippen molar-refractivity contribution < 1.29 is 52.1 Å². The minimum atomic E-state index is -4.77. The fraction of sp³-hybridized carbons (Fsp3) is 0.846. The van der Waals surface area contributed by atoms with E-state index in [0.717, 1.165) is 11.3 Å². The largest absolute Gasteiger partial charge is 0.510 e. The number of ether oxygens (including phenoxy) is 4. The van der Waals surface area contributed by atoms with Crippen molar-refractivity contribution in [2.75, 3.05) is 20.3 Å². The molecular formula is C26H50N3O11P. The molecule has 0 heterocycles.